The van der Waals surface area contributed by atoms with Gasteiger partial charge in [-0.1, -0.05) is 0 Å². The number of nitrogens with zero attached hydrogens (tertiary/aromatic N) is 2. The van der Waals surface area contributed by atoms with Gasteiger partial charge in [0.05, 0.1) is 0 Å². The van der Waals surface area contributed by atoms with Crippen molar-refractivity contribution in [1.82, 2.24) is 9.80 Å². The molecule has 3 rings (SSSR count). The lowest BCUT2D eigenvalue weighted by Crippen LogP contribution is -2.42. The molecule has 1 fully saturated rings. The van der Waals surface area contributed by atoms with E-state index in [1.165, 1.54) is 31.5 Å². The molecule has 1 saturated heterocycles. The Morgan fingerprint density at radius 3 is 2.75 bits per heavy atom. The van der Waals surface area contributed by atoms with Crippen LogP contribution < -0.4 is 0 Å². The lowest BCUT2D eigenvalue weighted by molar-refractivity contribution is 0.0177. The minimum atomic E-state index is -0.400. The summed E-state index contributed by atoms with van der Waals surface area (Å²) in [5.41, 5.74) is 1.13. The zero-order valence-electron chi connectivity index (χ0n) is 15.2. The van der Waals surface area contributed by atoms with Crippen LogP contribution in [0.25, 0.3) is 0 Å². The van der Waals surface area contributed by atoms with Gasteiger partial charge in [0.1, 0.15) is 5.60 Å². The van der Waals surface area contributed by atoms with E-state index in [0.717, 1.165) is 38.4 Å². The maximum atomic E-state index is 12.1. The highest BCUT2D eigenvalue weighted by molar-refractivity contribution is 7.10. The molecule has 5 heteroatoms. The smallest absolute Gasteiger partial charge is 0.410 e. The van der Waals surface area contributed by atoms with E-state index in [4.69, 9.17) is 4.74 Å². The summed E-state index contributed by atoms with van der Waals surface area (Å²) in [6, 6.07) is 2.28. The zero-order chi connectivity index (χ0) is 17.2. The summed E-state index contributed by atoms with van der Waals surface area (Å²) in [6.45, 7) is 11.0. The molecule has 0 saturated carbocycles. The first-order valence-corrected chi connectivity index (χ1v) is 10.0. The third-order valence-electron chi connectivity index (χ3n) is 5.01. The Bertz CT molecular complexity index is 556. The SMILES string of the molecule is CC(C)(C)OC(=O)N1CCC(CCN2CCc3sccc3C2)CC1. The quantitative estimate of drug-likeness (QED) is 0.821. The fourth-order valence-corrected chi connectivity index (χ4v) is 4.48. The van der Waals surface area contributed by atoms with Gasteiger partial charge in [-0.15, -0.1) is 11.3 Å². The van der Waals surface area contributed by atoms with Crippen molar-refractivity contribution in [2.45, 2.75) is 58.6 Å². The van der Waals surface area contributed by atoms with Gasteiger partial charge in [-0.2, -0.15) is 0 Å². The van der Waals surface area contributed by atoms with Gasteiger partial charge in [-0.25, -0.2) is 4.79 Å². The van der Waals surface area contributed by atoms with E-state index in [1.807, 2.05) is 37.0 Å². The van der Waals surface area contributed by atoms with Crippen molar-refractivity contribution < 1.29 is 9.53 Å². The van der Waals surface area contributed by atoms with E-state index in [-0.39, 0.29) is 6.09 Å². The average Bonchev–Trinajstić information content (AvgIpc) is 2.99. The third kappa shape index (κ3) is 4.73. The zero-order valence-corrected chi connectivity index (χ0v) is 16.0. The van der Waals surface area contributed by atoms with Crippen LogP contribution in [0.4, 0.5) is 4.79 Å². The summed E-state index contributed by atoms with van der Waals surface area (Å²) in [5.74, 6) is 0.743. The standard InChI is InChI=1S/C19H30N2O2S/c1-19(2,3)23-18(22)21-11-5-15(6-12-21)4-9-20-10-7-17-16(14-20)8-13-24-17/h8,13,15H,4-7,9-12,14H2,1-3H3. The number of carbonyl (C=O) groups is 1. The number of ether oxygens (including phenoxy) is 1. The number of likely N-dealkylation sites (tertiary alicyclic amines) is 1. The molecule has 0 aromatic carbocycles. The first-order valence-electron chi connectivity index (χ1n) is 9.16. The molecular formula is C19H30N2O2S. The summed E-state index contributed by atoms with van der Waals surface area (Å²) in [4.78, 5) is 18.2. The number of hydrogen-bond donors (Lipinski definition) is 0. The Labute approximate surface area is 149 Å². The summed E-state index contributed by atoms with van der Waals surface area (Å²) in [6.07, 6.45) is 4.53. The number of thiophene rings is 1. The summed E-state index contributed by atoms with van der Waals surface area (Å²) < 4.78 is 5.47. The van der Waals surface area contributed by atoms with E-state index in [9.17, 15) is 4.79 Å². The van der Waals surface area contributed by atoms with Gasteiger partial charge >= 0.3 is 6.09 Å². The van der Waals surface area contributed by atoms with Crippen molar-refractivity contribution in [3.05, 3.63) is 21.9 Å². The number of rotatable bonds is 3. The van der Waals surface area contributed by atoms with Crippen LogP contribution in [0.3, 0.4) is 0 Å². The Morgan fingerprint density at radius 1 is 1.29 bits per heavy atom. The van der Waals surface area contributed by atoms with E-state index in [1.54, 1.807) is 4.88 Å². The molecule has 3 heterocycles. The second-order valence-electron chi connectivity index (χ2n) is 8.09. The molecule has 24 heavy (non-hydrogen) atoms. The summed E-state index contributed by atoms with van der Waals surface area (Å²) in [7, 11) is 0. The van der Waals surface area contributed by atoms with Crippen molar-refractivity contribution in [2.75, 3.05) is 26.2 Å². The number of piperidine rings is 1. The van der Waals surface area contributed by atoms with Crippen molar-refractivity contribution in [1.29, 1.82) is 0 Å². The molecule has 0 spiro atoms. The number of carbonyl (C=O) groups excluding carboxylic acids is 1. The molecule has 1 aromatic heterocycles. The Kier molecular flexibility index (Phi) is 5.50. The Hall–Kier alpha value is -1.07. The molecule has 0 unspecified atom stereocenters. The molecule has 0 radical (unpaired) electrons. The minimum Gasteiger partial charge on any atom is -0.444 e. The van der Waals surface area contributed by atoms with Crippen LogP contribution in [0, 0.1) is 5.92 Å². The molecule has 0 bridgehead atoms. The van der Waals surface area contributed by atoms with Crippen LogP contribution in [0.15, 0.2) is 11.4 Å². The van der Waals surface area contributed by atoms with Crippen LogP contribution in [-0.4, -0.2) is 47.7 Å². The fraction of sp³-hybridized carbons (Fsp3) is 0.737. The van der Waals surface area contributed by atoms with E-state index >= 15 is 0 Å². The third-order valence-corrected chi connectivity index (χ3v) is 6.03. The van der Waals surface area contributed by atoms with Crippen LogP contribution in [-0.2, 0) is 17.7 Å². The van der Waals surface area contributed by atoms with Crippen molar-refractivity contribution in [3.63, 3.8) is 0 Å². The average molecular weight is 351 g/mol. The minimum absolute atomic E-state index is 0.151. The van der Waals surface area contributed by atoms with Crippen molar-refractivity contribution in [3.8, 4) is 0 Å². The molecule has 0 N–H and O–H groups in total. The molecule has 1 amide bonds. The predicted octanol–water partition coefficient (Wildman–Crippen LogP) is 4.14. The monoisotopic (exact) mass is 350 g/mol. The second kappa shape index (κ2) is 7.44. The molecule has 1 aromatic rings. The fourth-order valence-electron chi connectivity index (χ4n) is 3.59. The highest BCUT2D eigenvalue weighted by atomic mass is 32.1. The highest BCUT2D eigenvalue weighted by Crippen LogP contribution is 2.26. The van der Waals surface area contributed by atoms with E-state index in [2.05, 4.69) is 16.3 Å². The van der Waals surface area contributed by atoms with Gasteiger partial charge in [0, 0.05) is 31.1 Å². The molecule has 0 aliphatic carbocycles. The van der Waals surface area contributed by atoms with Gasteiger partial charge in [0.15, 0.2) is 0 Å². The van der Waals surface area contributed by atoms with E-state index < -0.39 is 5.60 Å². The maximum absolute atomic E-state index is 12.1. The largest absolute Gasteiger partial charge is 0.444 e. The first kappa shape index (κ1) is 17.7. The normalized spacial score (nSPS) is 20.0. The summed E-state index contributed by atoms with van der Waals surface area (Å²) >= 11 is 1.90. The highest BCUT2D eigenvalue weighted by Gasteiger charge is 2.27. The number of amides is 1. The second-order valence-corrected chi connectivity index (χ2v) is 9.10. The lowest BCUT2D eigenvalue weighted by Gasteiger charge is -2.34. The van der Waals surface area contributed by atoms with Gasteiger partial charge in [-0.05, 0) is 75.9 Å². The molecule has 0 atom stereocenters. The van der Waals surface area contributed by atoms with Crippen molar-refractivity contribution >= 4 is 17.4 Å². The van der Waals surface area contributed by atoms with Crippen LogP contribution in [0.2, 0.25) is 0 Å². The van der Waals surface area contributed by atoms with Crippen LogP contribution in [0.1, 0.15) is 50.5 Å². The molecule has 4 nitrogen and oxygen atoms in total. The molecular weight excluding hydrogens is 320 g/mol. The van der Waals surface area contributed by atoms with Gasteiger partial charge in [0.2, 0.25) is 0 Å². The molecule has 2 aliphatic rings. The number of fused-ring (bicyclic) bond motifs is 1. The van der Waals surface area contributed by atoms with Crippen LogP contribution >= 0.6 is 11.3 Å². The van der Waals surface area contributed by atoms with Gasteiger partial charge < -0.3 is 9.64 Å². The van der Waals surface area contributed by atoms with Gasteiger partial charge in [-0.3, -0.25) is 4.90 Å². The first-order chi connectivity index (χ1) is 11.4. The van der Waals surface area contributed by atoms with Crippen LogP contribution in [0.5, 0.6) is 0 Å². The Balaban J connectivity index is 1.38. The predicted molar refractivity (Wildman–Crippen MR) is 98.4 cm³/mol. The van der Waals surface area contributed by atoms with Gasteiger partial charge in [0.25, 0.3) is 0 Å². The number of hydrogen-bond acceptors (Lipinski definition) is 4. The lowest BCUT2D eigenvalue weighted by atomic mass is 9.93. The molecule has 134 valence electrons. The topological polar surface area (TPSA) is 32.8 Å². The molecule has 2 aliphatic heterocycles. The maximum Gasteiger partial charge on any atom is 0.410 e. The Morgan fingerprint density at radius 2 is 2.04 bits per heavy atom. The summed E-state index contributed by atoms with van der Waals surface area (Å²) in [5, 5.41) is 2.22. The van der Waals surface area contributed by atoms with Crippen molar-refractivity contribution in [2.24, 2.45) is 5.92 Å². The van der Waals surface area contributed by atoms with E-state index in [0.29, 0.717) is 0 Å².